The number of carbonyl (C=O) groups is 2. The third-order valence-corrected chi connectivity index (χ3v) is 5.15. The molecule has 0 radical (unpaired) electrons. The molecule has 2 aromatic carbocycles. The Kier molecular flexibility index (Phi) is 5.01. The molecule has 0 saturated carbocycles. The van der Waals surface area contributed by atoms with E-state index in [0.29, 0.717) is 9.23 Å². The maximum atomic E-state index is 12.7. The number of hydrogen-bond donors (Lipinski definition) is 1. The molecule has 1 amide bonds. The molecule has 4 nitrogen and oxygen atoms in total. The first-order chi connectivity index (χ1) is 12.0. The highest BCUT2D eigenvalue weighted by atomic mass is 32.2. The second-order valence-electron chi connectivity index (χ2n) is 5.46. The Hall–Kier alpha value is -2.44. The van der Waals surface area contributed by atoms with Crippen molar-refractivity contribution in [3.05, 3.63) is 70.1 Å². The molecule has 2 aromatic rings. The lowest BCUT2D eigenvalue weighted by atomic mass is 10.1. The quantitative estimate of drug-likeness (QED) is 0.641. The van der Waals surface area contributed by atoms with Crippen molar-refractivity contribution < 1.29 is 14.7 Å². The number of aryl methyl sites for hydroxylation is 1. The first kappa shape index (κ1) is 17.4. The van der Waals surface area contributed by atoms with Gasteiger partial charge in [-0.25, -0.2) is 4.79 Å². The first-order valence-corrected chi connectivity index (χ1v) is 8.92. The molecule has 1 aliphatic heterocycles. The Balaban J connectivity index is 1.85. The number of thioether (sulfide) groups is 1. The summed E-state index contributed by atoms with van der Waals surface area (Å²) in [7, 11) is 0. The summed E-state index contributed by atoms with van der Waals surface area (Å²) >= 11 is 6.60. The Morgan fingerprint density at radius 3 is 2.36 bits per heavy atom. The molecule has 0 spiro atoms. The maximum absolute atomic E-state index is 12.7. The molecule has 0 unspecified atom stereocenters. The third kappa shape index (κ3) is 3.65. The van der Waals surface area contributed by atoms with Crippen LogP contribution in [-0.4, -0.2) is 21.3 Å². The van der Waals surface area contributed by atoms with Crippen LogP contribution in [0.1, 0.15) is 28.4 Å². The molecule has 1 heterocycles. The SMILES string of the molecule is CCc1ccc(N2C(=O)C(=Cc3ccc(C(=O)O)cc3)SC2=S)cc1. The highest BCUT2D eigenvalue weighted by Gasteiger charge is 2.33. The molecule has 1 saturated heterocycles. The first-order valence-electron chi connectivity index (χ1n) is 7.70. The van der Waals surface area contributed by atoms with E-state index in [1.807, 2.05) is 24.3 Å². The zero-order valence-corrected chi connectivity index (χ0v) is 15.1. The molecule has 0 aromatic heterocycles. The number of thiocarbonyl (C=S) groups is 1. The van der Waals surface area contributed by atoms with E-state index in [9.17, 15) is 9.59 Å². The van der Waals surface area contributed by atoms with Gasteiger partial charge in [0.1, 0.15) is 0 Å². The molecule has 25 heavy (non-hydrogen) atoms. The number of anilines is 1. The fourth-order valence-electron chi connectivity index (χ4n) is 2.44. The Morgan fingerprint density at radius 2 is 1.80 bits per heavy atom. The number of carboxylic acid groups (broad SMARTS) is 1. The van der Waals surface area contributed by atoms with Gasteiger partial charge >= 0.3 is 5.97 Å². The van der Waals surface area contributed by atoms with Crippen molar-refractivity contribution in [1.29, 1.82) is 0 Å². The number of nitrogens with zero attached hydrogens (tertiary/aromatic N) is 1. The number of rotatable bonds is 4. The van der Waals surface area contributed by atoms with Crippen molar-refractivity contribution in [3.63, 3.8) is 0 Å². The Bertz CT molecular complexity index is 871. The van der Waals surface area contributed by atoms with Crippen molar-refractivity contribution in [1.82, 2.24) is 0 Å². The van der Waals surface area contributed by atoms with E-state index in [-0.39, 0.29) is 11.5 Å². The van der Waals surface area contributed by atoms with Crippen LogP contribution in [0.3, 0.4) is 0 Å². The third-order valence-electron chi connectivity index (χ3n) is 3.85. The van der Waals surface area contributed by atoms with E-state index in [4.69, 9.17) is 17.3 Å². The molecular weight excluding hydrogens is 354 g/mol. The van der Waals surface area contributed by atoms with Crippen molar-refractivity contribution in [2.75, 3.05) is 4.90 Å². The van der Waals surface area contributed by atoms with Gasteiger partial charge in [0, 0.05) is 0 Å². The minimum absolute atomic E-state index is 0.165. The monoisotopic (exact) mass is 369 g/mol. The lowest BCUT2D eigenvalue weighted by molar-refractivity contribution is -0.113. The number of benzene rings is 2. The largest absolute Gasteiger partial charge is 0.478 e. The van der Waals surface area contributed by atoms with Gasteiger partial charge in [-0.15, -0.1) is 0 Å². The second-order valence-corrected chi connectivity index (χ2v) is 7.14. The van der Waals surface area contributed by atoms with Gasteiger partial charge in [0.2, 0.25) is 0 Å². The summed E-state index contributed by atoms with van der Waals surface area (Å²) < 4.78 is 0.489. The van der Waals surface area contributed by atoms with Crippen LogP contribution in [0.25, 0.3) is 6.08 Å². The molecular formula is C19H15NO3S2. The van der Waals surface area contributed by atoms with Gasteiger partial charge in [-0.1, -0.05) is 55.2 Å². The molecule has 1 aliphatic rings. The smallest absolute Gasteiger partial charge is 0.335 e. The van der Waals surface area contributed by atoms with Crippen LogP contribution in [0.15, 0.2) is 53.4 Å². The van der Waals surface area contributed by atoms with Crippen LogP contribution in [0.2, 0.25) is 0 Å². The van der Waals surface area contributed by atoms with Crippen LogP contribution in [0.5, 0.6) is 0 Å². The lowest BCUT2D eigenvalue weighted by Crippen LogP contribution is -2.27. The summed E-state index contributed by atoms with van der Waals surface area (Å²) in [4.78, 5) is 25.7. The zero-order chi connectivity index (χ0) is 18.0. The van der Waals surface area contributed by atoms with Crippen molar-refractivity contribution in [3.8, 4) is 0 Å². The maximum Gasteiger partial charge on any atom is 0.335 e. The second kappa shape index (κ2) is 7.21. The van der Waals surface area contributed by atoms with E-state index in [0.717, 1.165) is 17.7 Å². The number of carbonyl (C=O) groups excluding carboxylic acids is 1. The summed E-state index contributed by atoms with van der Waals surface area (Å²) in [5, 5.41) is 8.94. The van der Waals surface area contributed by atoms with Crippen LogP contribution >= 0.6 is 24.0 Å². The number of amides is 1. The minimum atomic E-state index is -0.978. The standard InChI is InChI=1S/C19H15NO3S2/c1-2-12-5-9-15(10-6-12)20-17(21)16(25-19(20)24)11-13-3-7-14(8-4-13)18(22)23/h3-11H,2H2,1H3,(H,22,23). The van der Waals surface area contributed by atoms with E-state index in [2.05, 4.69) is 6.92 Å². The van der Waals surface area contributed by atoms with Crippen molar-refractivity contribution in [2.24, 2.45) is 0 Å². The number of carboxylic acids is 1. The molecule has 126 valence electrons. The molecule has 0 bridgehead atoms. The van der Waals surface area contributed by atoms with E-state index in [1.165, 1.54) is 34.4 Å². The average Bonchev–Trinajstić information content (AvgIpc) is 2.89. The molecule has 1 fully saturated rings. The highest BCUT2D eigenvalue weighted by Crippen LogP contribution is 2.36. The van der Waals surface area contributed by atoms with Crippen LogP contribution < -0.4 is 4.90 Å². The summed E-state index contributed by atoms with van der Waals surface area (Å²) in [5.41, 5.74) is 2.92. The van der Waals surface area contributed by atoms with Gasteiger partial charge < -0.3 is 5.11 Å². The normalized spacial score (nSPS) is 15.9. The van der Waals surface area contributed by atoms with Crippen LogP contribution in [-0.2, 0) is 11.2 Å². The molecule has 1 N–H and O–H groups in total. The Labute approximate surface area is 155 Å². The van der Waals surface area contributed by atoms with Gasteiger partial charge in [0.05, 0.1) is 16.2 Å². The fourth-order valence-corrected chi connectivity index (χ4v) is 3.74. The summed E-state index contributed by atoms with van der Waals surface area (Å²) in [6.07, 6.45) is 2.66. The van der Waals surface area contributed by atoms with Crippen LogP contribution in [0.4, 0.5) is 5.69 Å². The molecule has 0 atom stereocenters. The highest BCUT2D eigenvalue weighted by molar-refractivity contribution is 8.27. The zero-order valence-electron chi connectivity index (χ0n) is 13.4. The van der Waals surface area contributed by atoms with E-state index >= 15 is 0 Å². The fraction of sp³-hybridized carbons (Fsp3) is 0.105. The van der Waals surface area contributed by atoms with E-state index < -0.39 is 5.97 Å². The topological polar surface area (TPSA) is 57.6 Å². The van der Waals surface area contributed by atoms with Crippen molar-refractivity contribution >= 4 is 51.9 Å². The van der Waals surface area contributed by atoms with Crippen molar-refractivity contribution in [2.45, 2.75) is 13.3 Å². The Morgan fingerprint density at radius 1 is 1.16 bits per heavy atom. The molecule has 6 heteroatoms. The van der Waals surface area contributed by atoms with Gasteiger partial charge in [-0.05, 0) is 47.9 Å². The lowest BCUT2D eigenvalue weighted by Gasteiger charge is -2.14. The summed E-state index contributed by atoms with van der Waals surface area (Å²) in [6, 6.07) is 14.1. The molecule has 0 aliphatic carbocycles. The number of aromatic carboxylic acids is 1. The average molecular weight is 369 g/mol. The summed E-state index contributed by atoms with van der Waals surface area (Å²) in [5.74, 6) is -1.14. The van der Waals surface area contributed by atoms with Gasteiger partial charge in [0.15, 0.2) is 4.32 Å². The number of hydrogen-bond acceptors (Lipinski definition) is 4. The van der Waals surface area contributed by atoms with Gasteiger partial charge in [-0.3, -0.25) is 9.69 Å². The predicted molar refractivity (Wildman–Crippen MR) is 105 cm³/mol. The molecule has 3 rings (SSSR count). The predicted octanol–water partition coefficient (Wildman–Crippen LogP) is 4.35. The van der Waals surface area contributed by atoms with Gasteiger partial charge in [0.25, 0.3) is 5.91 Å². The van der Waals surface area contributed by atoms with Crippen LogP contribution in [0, 0.1) is 0 Å². The summed E-state index contributed by atoms with van der Waals surface area (Å²) in [6.45, 7) is 2.08. The van der Waals surface area contributed by atoms with E-state index in [1.54, 1.807) is 18.2 Å². The van der Waals surface area contributed by atoms with Gasteiger partial charge in [-0.2, -0.15) is 0 Å². The minimum Gasteiger partial charge on any atom is -0.478 e.